The van der Waals surface area contributed by atoms with Gasteiger partial charge in [0.1, 0.15) is 10.5 Å². The maximum Gasteiger partial charge on any atom is 0.124 e. The Labute approximate surface area is 129 Å². The molecule has 19 heavy (non-hydrogen) atoms. The van der Waals surface area contributed by atoms with Crippen molar-refractivity contribution < 1.29 is 0 Å². The molecule has 1 aromatic heterocycles. The Morgan fingerprint density at radius 1 is 1.11 bits per heavy atom. The Morgan fingerprint density at radius 3 is 2.53 bits per heavy atom. The zero-order chi connectivity index (χ0) is 13.4. The Bertz CT molecular complexity index is 735. The third kappa shape index (κ3) is 2.61. The smallest absolute Gasteiger partial charge is 0.124 e. The Balaban J connectivity index is 2.12. The SMILES string of the molecule is CSc1ccc(-c2nc3c(Cl)cc(Cl)cc3s2)cc1. The van der Waals surface area contributed by atoms with Crippen molar-refractivity contribution in [3.63, 3.8) is 0 Å². The number of thioether (sulfide) groups is 1. The molecule has 0 unspecified atom stereocenters. The fraction of sp³-hybridized carbons (Fsp3) is 0.0714. The van der Waals surface area contributed by atoms with Gasteiger partial charge in [-0.05, 0) is 30.5 Å². The molecule has 0 aliphatic rings. The molecular formula is C14H9Cl2NS2. The average molecular weight is 326 g/mol. The molecule has 0 amide bonds. The van der Waals surface area contributed by atoms with Gasteiger partial charge in [0.25, 0.3) is 0 Å². The second kappa shape index (κ2) is 5.33. The van der Waals surface area contributed by atoms with Crippen LogP contribution < -0.4 is 0 Å². The van der Waals surface area contributed by atoms with E-state index in [9.17, 15) is 0 Å². The van der Waals surface area contributed by atoms with Crippen molar-refractivity contribution in [1.82, 2.24) is 4.98 Å². The first-order valence-corrected chi connectivity index (χ1v) is 8.37. The highest BCUT2D eigenvalue weighted by atomic mass is 35.5. The molecule has 0 atom stereocenters. The summed E-state index contributed by atoms with van der Waals surface area (Å²) in [6.07, 6.45) is 2.06. The van der Waals surface area contributed by atoms with Crippen LogP contribution in [0.5, 0.6) is 0 Å². The van der Waals surface area contributed by atoms with Crippen molar-refractivity contribution in [2.24, 2.45) is 0 Å². The van der Waals surface area contributed by atoms with Gasteiger partial charge in [-0.3, -0.25) is 0 Å². The quantitative estimate of drug-likeness (QED) is 0.536. The van der Waals surface area contributed by atoms with Gasteiger partial charge in [-0.2, -0.15) is 0 Å². The fourth-order valence-corrected chi connectivity index (χ4v) is 3.92. The molecule has 1 nitrogen and oxygen atoms in total. The van der Waals surface area contributed by atoms with E-state index in [2.05, 4.69) is 35.5 Å². The van der Waals surface area contributed by atoms with Crippen molar-refractivity contribution >= 4 is 56.5 Å². The van der Waals surface area contributed by atoms with Crippen LogP contribution in [-0.4, -0.2) is 11.2 Å². The number of fused-ring (bicyclic) bond motifs is 1. The fourth-order valence-electron chi connectivity index (χ4n) is 1.81. The number of nitrogens with zero attached hydrogens (tertiary/aromatic N) is 1. The molecule has 0 bridgehead atoms. The Hall–Kier alpha value is -0.740. The van der Waals surface area contributed by atoms with Gasteiger partial charge in [0.15, 0.2) is 0 Å². The van der Waals surface area contributed by atoms with Crippen LogP contribution in [0.15, 0.2) is 41.3 Å². The number of aromatic nitrogens is 1. The van der Waals surface area contributed by atoms with Crippen molar-refractivity contribution in [2.75, 3.05) is 6.26 Å². The molecule has 0 N–H and O–H groups in total. The first-order valence-electron chi connectivity index (χ1n) is 5.57. The molecular weight excluding hydrogens is 317 g/mol. The molecule has 0 saturated carbocycles. The third-order valence-corrected chi connectivity index (χ3v) is 5.05. The monoisotopic (exact) mass is 325 g/mol. The van der Waals surface area contributed by atoms with Gasteiger partial charge in [0, 0.05) is 15.5 Å². The highest BCUT2D eigenvalue weighted by molar-refractivity contribution is 7.98. The Morgan fingerprint density at radius 2 is 1.84 bits per heavy atom. The standard InChI is InChI=1S/C14H9Cl2NS2/c1-18-10-4-2-8(3-5-10)14-17-13-11(16)6-9(15)7-12(13)19-14/h2-7H,1H3. The van der Waals surface area contributed by atoms with Crippen LogP contribution in [0, 0.1) is 0 Å². The predicted molar refractivity (Wildman–Crippen MR) is 86.9 cm³/mol. The second-order valence-corrected chi connectivity index (χ2v) is 6.74. The van der Waals surface area contributed by atoms with Crippen LogP contribution in [-0.2, 0) is 0 Å². The number of rotatable bonds is 2. The minimum absolute atomic E-state index is 0.603. The van der Waals surface area contributed by atoms with E-state index in [1.807, 2.05) is 6.07 Å². The van der Waals surface area contributed by atoms with E-state index >= 15 is 0 Å². The molecule has 3 aromatic rings. The molecule has 0 saturated heterocycles. The number of hydrogen-bond acceptors (Lipinski definition) is 3. The predicted octanol–water partition coefficient (Wildman–Crippen LogP) is 5.99. The molecule has 0 aliphatic carbocycles. The van der Waals surface area contributed by atoms with Gasteiger partial charge in [-0.15, -0.1) is 23.1 Å². The lowest BCUT2D eigenvalue weighted by molar-refractivity contribution is 1.43. The molecule has 1 heterocycles. The normalized spacial score (nSPS) is 11.1. The minimum Gasteiger partial charge on any atom is -0.234 e. The van der Waals surface area contributed by atoms with E-state index in [1.54, 1.807) is 29.2 Å². The van der Waals surface area contributed by atoms with E-state index in [-0.39, 0.29) is 0 Å². The maximum absolute atomic E-state index is 6.17. The largest absolute Gasteiger partial charge is 0.234 e. The van der Waals surface area contributed by atoms with Gasteiger partial charge < -0.3 is 0 Å². The lowest BCUT2D eigenvalue weighted by Gasteiger charge is -1.98. The van der Waals surface area contributed by atoms with E-state index in [0.29, 0.717) is 10.0 Å². The molecule has 0 spiro atoms. The maximum atomic E-state index is 6.17. The van der Waals surface area contributed by atoms with Crippen molar-refractivity contribution in [3.8, 4) is 10.6 Å². The molecule has 5 heteroatoms. The van der Waals surface area contributed by atoms with Crippen LogP contribution in [0.25, 0.3) is 20.8 Å². The zero-order valence-corrected chi connectivity index (χ0v) is 13.1. The number of thiazole rings is 1. The van der Waals surface area contributed by atoms with Gasteiger partial charge in [0.2, 0.25) is 0 Å². The van der Waals surface area contributed by atoms with Gasteiger partial charge >= 0.3 is 0 Å². The zero-order valence-electron chi connectivity index (χ0n) is 9.98. The Kier molecular flexibility index (Phi) is 3.72. The van der Waals surface area contributed by atoms with Crippen molar-refractivity contribution in [3.05, 3.63) is 46.4 Å². The molecule has 3 rings (SSSR count). The van der Waals surface area contributed by atoms with Crippen LogP contribution in [0.2, 0.25) is 10.0 Å². The highest BCUT2D eigenvalue weighted by Crippen LogP contribution is 2.36. The highest BCUT2D eigenvalue weighted by Gasteiger charge is 2.10. The van der Waals surface area contributed by atoms with Crippen molar-refractivity contribution in [2.45, 2.75) is 4.90 Å². The van der Waals surface area contributed by atoms with Gasteiger partial charge in [-0.25, -0.2) is 4.98 Å². The first kappa shape index (κ1) is 13.3. The summed E-state index contributed by atoms with van der Waals surface area (Å²) in [6, 6.07) is 12.0. The van der Waals surface area contributed by atoms with Crippen LogP contribution in [0.1, 0.15) is 0 Å². The van der Waals surface area contributed by atoms with E-state index < -0.39 is 0 Å². The molecule has 2 aromatic carbocycles. The van der Waals surface area contributed by atoms with Crippen molar-refractivity contribution in [1.29, 1.82) is 0 Å². The summed E-state index contributed by atoms with van der Waals surface area (Å²) in [5.41, 5.74) is 1.92. The van der Waals surface area contributed by atoms with Crippen LogP contribution in [0.4, 0.5) is 0 Å². The van der Waals surface area contributed by atoms with Crippen LogP contribution >= 0.6 is 46.3 Å². The summed E-state index contributed by atoms with van der Waals surface area (Å²) in [5, 5.41) is 2.21. The lowest BCUT2D eigenvalue weighted by atomic mass is 10.2. The van der Waals surface area contributed by atoms with Gasteiger partial charge in [-0.1, -0.05) is 35.3 Å². The lowest BCUT2D eigenvalue weighted by Crippen LogP contribution is -1.77. The summed E-state index contributed by atoms with van der Waals surface area (Å²) in [4.78, 5) is 5.84. The third-order valence-electron chi connectivity index (χ3n) is 2.75. The van der Waals surface area contributed by atoms with E-state index in [4.69, 9.17) is 23.2 Å². The molecule has 0 fully saturated rings. The van der Waals surface area contributed by atoms with E-state index in [1.165, 1.54) is 4.90 Å². The van der Waals surface area contributed by atoms with Crippen LogP contribution in [0.3, 0.4) is 0 Å². The molecule has 96 valence electrons. The second-order valence-electron chi connectivity index (χ2n) is 3.98. The van der Waals surface area contributed by atoms with Gasteiger partial charge in [0.05, 0.1) is 9.72 Å². The molecule has 0 aliphatic heterocycles. The topological polar surface area (TPSA) is 12.9 Å². The molecule has 0 radical (unpaired) electrons. The summed E-state index contributed by atoms with van der Waals surface area (Å²) in [7, 11) is 0. The summed E-state index contributed by atoms with van der Waals surface area (Å²) >= 11 is 15.5. The summed E-state index contributed by atoms with van der Waals surface area (Å²) in [6.45, 7) is 0. The minimum atomic E-state index is 0.603. The summed E-state index contributed by atoms with van der Waals surface area (Å²) in [5.74, 6) is 0. The average Bonchev–Trinajstić information content (AvgIpc) is 2.83. The summed E-state index contributed by atoms with van der Waals surface area (Å²) < 4.78 is 1.02. The number of halogens is 2. The number of benzene rings is 2. The first-order chi connectivity index (χ1) is 9.17. The number of hydrogen-bond donors (Lipinski definition) is 0. The van der Waals surface area contributed by atoms with E-state index in [0.717, 1.165) is 20.8 Å².